The largest absolute Gasteiger partial charge is 0.457 e. The van der Waals surface area contributed by atoms with E-state index in [1.54, 1.807) is 0 Å². The van der Waals surface area contributed by atoms with E-state index in [0.29, 0.717) is 34.3 Å². The summed E-state index contributed by atoms with van der Waals surface area (Å²) in [6, 6.07) is 73.7. The van der Waals surface area contributed by atoms with Crippen LogP contribution in [0.5, 0.6) is 11.5 Å². The number of hydrogen-bond donors (Lipinski definition) is 0. The monoisotopic (exact) mass is 863 g/mol. The standard InChI is InChI=1S/C61H40N4O2/c1-39-38-62-59(37-50(39)42-21-9-4-10-22-42)64-55-27-15-12-24-47(55)48-32-30-44(36-57(48)64)66-45-34-51-49-31-29-43(40-17-5-2-6-18-40)33-58(49)67-60(51)52(35-45)61-63-53-25-13-16-28-56(53)65(61)54-26-14-11-23-46(54)41-19-7-3-8-20-41/h2-38H,1H3/i1D3. The molecule has 4 aromatic heterocycles. The van der Waals surface area contributed by atoms with E-state index in [4.69, 9.17) is 23.2 Å². The third-order valence-electron chi connectivity index (χ3n) is 12.8. The summed E-state index contributed by atoms with van der Waals surface area (Å²) in [5.41, 5.74) is 12.7. The van der Waals surface area contributed by atoms with Gasteiger partial charge in [-0.15, -0.1) is 0 Å². The van der Waals surface area contributed by atoms with Crippen LogP contribution in [-0.2, 0) is 0 Å². The van der Waals surface area contributed by atoms with Crippen molar-refractivity contribution in [3.05, 3.63) is 230 Å². The van der Waals surface area contributed by atoms with E-state index in [2.05, 4.69) is 118 Å². The van der Waals surface area contributed by atoms with Crippen molar-refractivity contribution in [3.63, 3.8) is 0 Å². The molecule has 0 aliphatic carbocycles. The summed E-state index contributed by atoms with van der Waals surface area (Å²) < 4.78 is 43.5. The van der Waals surface area contributed by atoms with Gasteiger partial charge < -0.3 is 9.15 Å². The molecule has 13 aromatic rings. The highest BCUT2D eigenvalue weighted by molar-refractivity contribution is 6.12. The topological polar surface area (TPSA) is 58.0 Å². The molecule has 0 N–H and O–H groups in total. The third-order valence-corrected chi connectivity index (χ3v) is 12.8. The Morgan fingerprint density at radius 1 is 0.463 bits per heavy atom. The van der Waals surface area contributed by atoms with E-state index < -0.39 is 6.85 Å². The number of imidazole rings is 1. The average molecular weight is 864 g/mol. The van der Waals surface area contributed by atoms with Crippen molar-refractivity contribution >= 4 is 54.8 Å². The molecule has 0 saturated carbocycles. The van der Waals surface area contributed by atoms with Gasteiger partial charge in [0, 0.05) is 43.5 Å². The van der Waals surface area contributed by atoms with Crippen molar-refractivity contribution < 1.29 is 13.3 Å². The van der Waals surface area contributed by atoms with Crippen molar-refractivity contribution in [3.8, 4) is 67.8 Å². The van der Waals surface area contributed by atoms with Crippen LogP contribution in [0.1, 0.15) is 9.68 Å². The highest BCUT2D eigenvalue weighted by atomic mass is 16.5. The highest BCUT2D eigenvalue weighted by Gasteiger charge is 2.24. The third kappa shape index (κ3) is 6.49. The number of rotatable bonds is 8. The van der Waals surface area contributed by atoms with Crippen molar-refractivity contribution in [2.24, 2.45) is 0 Å². The summed E-state index contributed by atoms with van der Waals surface area (Å²) in [7, 11) is 0. The molecule has 4 heterocycles. The second-order valence-electron chi connectivity index (χ2n) is 16.8. The van der Waals surface area contributed by atoms with Crippen LogP contribution in [0.2, 0.25) is 0 Å². The molecule has 6 nitrogen and oxygen atoms in total. The molecule has 0 radical (unpaired) electrons. The van der Waals surface area contributed by atoms with Crippen LogP contribution in [0.3, 0.4) is 0 Å². The lowest BCUT2D eigenvalue weighted by Gasteiger charge is -2.16. The number of fused-ring (bicyclic) bond motifs is 7. The highest BCUT2D eigenvalue weighted by Crippen LogP contribution is 2.44. The summed E-state index contributed by atoms with van der Waals surface area (Å²) in [6.45, 7) is -2.36. The van der Waals surface area contributed by atoms with E-state index in [0.717, 1.165) is 88.3 Å². The molecule has 0 atom stereocenters. The second-order valence-corrected chi connectivity index (χ2v) is 16.8. The van der Waals surface area contributed by atoms with Gasteiger partial charge in [-0.1, -0.05) is 146 Å². The summed E-state index contributed by atoms with van der Waals surface area (Å²) >= 11 is 0. The quantitative estimate of drug-likeness (QED) is 0.153. The van der Waals surface area contributed by atoms with Crippen molar-refractivity contribution in [1.82, 2.24) is 19.1 Å². The summed E-state index contributed by atoms with van der Waals surface area (Å²) in [5, 5.41) is 3.87. The average Bonchev–Trinajstić information content (AvgIpc) is 4.08. The molecule has 0 aliphatic rings. The Balaban J connectivity index is 1.02. The summed E-state index contributed by atoms with van der Waals surface area (Å²) in [6.07, 6.45) is 1.49. The number of benzene rings is 9. The first-order chi connectivity index (χ1) is 34.3. The fourth-order valence-corrected chi connectivity index (χ4v) is 9.69. The number of furan rings is 1. The van der Waals surface area contributed by atoms with Gasteiger partial charge in [-0.2, -0.15) is 0 Å². The molecule has 0 bridgehead atoms. The summed E-state index contributed by atoms with van der Waals surface area (Å²) in [4.78, 5) is 10.2. The molecule has 0 amide bonds. The molecule has 0 unspecified atom stereocenters. The molecule has 316 valence electrons. The molecule has 13 rings (SSSR count). The molecular formula is C61H40N4O2. The van der Waals surface area contributed by atoms with Crippen molar-refractivity contribution in [2.45, 2.75) is 6.85 Å². The molecule has 6 heteroatoms. The Labute approximate surface area is 390 Å². The Morgan fingerprint density at radius 3 is 1.94 bits per heavy atom. The lowest BCUT2D eigenvalue weighted by Crippen LogP contribution is -2.01. The predicted molar refractivity (Wildman–Crippen MR) is 273 cm³/mol. The Kier molecular flexibility index (Phi) is 8.24. The number of pyridine rings is 1. The maximum Gasteiger partial charge on any atom is 0.149 e. The molecule has 67 heavy (non-hydrogen) atoms. The number of aromatic nitrogens is 4. The van der Waals surface area contributed by atoms with Gasteiger partial charge in [-0.3, -0.25) is 9.13 Å². The second kappa shape index (κ2) is 15.6. The van der Waals surface area contributed by atoms with Gasteiger partial charge >= 0.3 is 0 Å². The van der Waals surface area contributed by atoms with Crippen molar-refractivity contribution in [1.29, 1.82) is 0 Å². The van der Waals surface area contributed by atoms with Gasteiger partial charge in [-0.05, 0) is 107 Å². The first kappa shape index (κ1) is 35.4. The maximum absolute atomic E-state index is 8.39. The van der Waals surface area contributed by atoms with Crippen LogP contribution < -0.4 is 4.74 Å². The van der Waals surface area contributed by atoms with Crippen LogP contribution in [0.15, 0.2) is 229 Å². The first-order valence-electron chi connectivity index (χ1n) is 23.8. The van der Waals surface area contributed by atoms with E-state index in [9.17, 15) is 0 Å². The van der Waals surface area contributed by atoms with Gasteiger partial charge in [0.05, 0.1) is 33.3 Å². The van der Waals surface area contributed by atoms with E-state index in [-0.39, 0.29) is 5.56 Å². The number of para-hydroxylation sites is 4. The van der Waals surface area contributed by atoms with Gasteiger partial charge in [-0.25, -0.2) is 9.97 Å². The number of aryl methyl sites for hydroxylation is 1. The van der Waals surface area contributed by atoms with Gasteiger partial charge in [0.1, 0.15) is 34.3 Å². The lowest BCUT2D eigenvalue weighted by atomic mass is 10.0. The fraction of sp³-hybridized carbons (Fsp3) is 0.0164. The lowest BCUT2D eigenvalue weighted by molar-refractivity contribution is 0.484. The number of nitrogens with zero attached hydrogens (tertiary/aromatic N) is 4. The minimum Gasteiger partial charge on any atom is -0.457 e. The van der Waals surface area contributed by atoms with Crippen LogP contribution >= 0.6 is 0 Å². The molecule has 0 aliphatic heterocycles. The maximum atomic E-state index is 8.39. The van der Waals surface area contributed by atoms with Crippen molar-refractivity contribution in [2.75, 3.05) is 0 Å². The van der Waals surface area contributed by atoms with Crippen LogP contribution in [0, 0.1) is 6.85 Å². The number of hydrogen-bond acceptors (Lipinski definition) is 4. The van der Waals surface area contributed by atoms with Gasteiger partial charge in [0.2, 0.25) is 0 Å². The smallest absolute Gasteiger partial charge is 0.149 e. The molecular weight excluding hydrogens is 821 g/mol. The summed E-state index contributed by atoms with van der Waals surface area (Å²) in [5.74, 6) is 2.50. The molecule has 0 spiro atoms. The first-order valence-corrected chi connectivity index (χ1v) is 22.3. The minimum absolute atomic E-state index is 0.193. The Bertz CT molecular complexity index is 4140. The van der Waals surface area contributed by atoms with Crippen LogP contribution in [0.25, 0.3) is 111 Å². The van der Waals surface area contributed by atoms with E-state index in [1.165, 1.54) is 6.20 Å². The molecule has 0 saturated heterocycles. The Hall–Kier alpha value is -9.00. The Morgan fingerprint density at radius 2 is 1.13 bits per heavy atom. The zero-order chi connectivity index (χ0) is 46.9. The van der Waals surface area contributed by atoms with Gasteiger partial charge in [0.15, 0.2) is 0 Å². The zero-order valence-corrected chi connectivity index (χ0v) is 36.0. The SMILES string of the molecule is [2H]C([2H])([2H])c1cnc(-n2c3ccccc3c3ccc(Oc4cc(-c5nc6ccccc6n5-c5ccccc5-c5ccccc5)c5oc6cc(-c7ccccc7)ccc6c5c4)cc32)cc1-c1ccccc1. The van der Waals surface area contributed by atoms with E-state index >= 15 is 0 Å². The fourth-order valence-electron chi connectivity index (χ4n) is 9.69. The minimum atomic E-state index is -2.36. The normalized spacial score (nSPS) is 12.5. The van der Waals surface area contributed by atoms with E-state index in [1.807, 2.05) is 109 Å². The van der Waals surface area contributed by atoms with Gasteiger partial charge in [0.25, 0.3) is 0 Å². The number of ether oxygens (including phenoxy) is 1. The zero-order valence-electron chi connectivity index (χ0n) is 39.0. The predicted octanol–water partition coefficient (Wildman–Crippen LogP) is 16.2. The van der Waals surface area contributed by atoms with Crippen LogP contribution in [-0.4, -0.2) is 19.1 Å². The molecule has 0 fully saturated rings. The molecule has 9 aromatic carbocycles. The van der Waals surface area contributed by atoms with Crippen LogP contribution in [0.4, 0.5) is 0 Å².